The average Bonchev–Trinajstić information content (AvgIpc) is 2.41. The maximum absolute atomic E-state index is 13.7. The van der Waals surface area contributed by atoms with E-state index in [1.165, 1.54) is 6.07 Å². The lowest BCUT2D eigenvalue weighted by atomic mass is 10.1. The lowest BCUT2D eigenvalue weighted by molar-refractivity contribution is 0.0938. The molecule has 1 atom stereocenters. The maximum atomic E-state index is 13.7. The van der Waals surface area contributed by atoms with Crippen LogP contribution in [0.5, 0.6) is 0 Å². The van der Waals surface area contributed by atoms with Crippen molar-refractivity contribution < 1.29 is 9.18 Å². The number of hydrogen-bond donors (Lipinski definition) is 1. The van der Waals surface area contributed by atoms with Crippen molar-refractivity contribution in [2.24, 2.45) is 0 Å². The van der Waals surface area contributed by atoms with E-state index < -0.39 is 6.04 Å². The van der Waals surface area contributed by atoms with Crippen molar-refractivity contribution in [3.63, 3.8) is 0 Å². The van der Waals surface area contributed by atoms with E-state index in [2.05, 4.69) is 37.2 Å². The molecule has 2 rings (SSSR count). The van der Waals surface area contributed by atoms with Gasteiger partial charge in [-0.25, -0.2) is 4.39 Å². The third kappa shape index (κ3) is 3.46. The fourth-order valence-electron chi connectivity index (χ4n) is 1.85. The van der Waals surface area contributed by atoms with Crippen LogP contribution in [0.15, 0.2) is 51.4 Å². The zero-order chi connectivity index (χ0) is 14.7. The van der Waals surface area contributed by atoms with Gasteiger partial charge < -0.3 is 5.32 Å². The highest BCUT2D eigenvalue weighted by atomic mass is 79.9. The first kappa shape index (κ1) is 15.2. The van der Waals surface area contributed by atoms with Crippen LogP contribution < -0.4 is 5.32 Å². The molecule has 1 unspecified atom stereocenters. The quantitative estimate of drug-likeness (QED) is 0.784. The van der Waals surface area contributed by atoms with Gasteiger partial charge in [0.15, 0.2) is 0 Å². The fraction of sp³-hybridized carbons (Fsp3) is 0.133. The van der Waals surface area contributed by atoms with Crippen LogP contribution in [0.25, 0.3) is 0 Å². The van der Waals surface area contributed by atoms with Gasteiger partial charge in [-0.05, 0) is 47.1 Å². The highest BCUT2D eigenvalue weighted by Gasteiger charge is 2.16. The monoisotopic (exact) mass is 399 g/mol. The summed E-state index contributed by atoms with van der Waals surface area (Å²) >= 11 is 6.66. The van der Waals surface area contributed by atoms with Crippen LogP contribution in [0.2, 0.25) is 0 Å². The minimum atomic E-state index is -0.408. The molecule has 1 amide bonds. The van der Waals surface area contributed by atoms with Crippen molar-refractivity contribution in [2.45, 2.75) is 13.0 Å². The van der Waals surface area contributed by atoms with Gasteiger partial charge in [0, 0.05) is 14.5 Å². The number of halogens is 3. The van der Waals surface area contributed by atoms with Crippen LogP contribution in [0, 0.1) is 5.82 Å². The van der Waals surface area contributed by atoms with Gasteiger partial charge in [-0.1, -0.05) is 34.1 Å². The fourth-order valence-corrected chi connectivity index (χ4v) is 2.64. The van der Waals surface area contributed by atoms with Crippen molar-refractivity contribution in [1.29, 1.82) is 0 Å². The highest BCUT2D eigenvalue weighted by Crippen LogP contribution is 2.23. The second kappa shape index (κ2) is 6.50. The molecule has 0 aromatic heterocycles. The SMILES string of the molecule is CC(NC(=O)c1cc(Br)ccc1Br)c1ccccc1F. The third-order valence-corrected chi connectivity index (χ3v) is 4.08. The molecule has 0 aliphatic rings. The van der Waals surface area contributed by atoms with E-state index in [9.17, 15) is 9.18 Å². The molecule has 5 heteroatoms. The molecule has 0 aliphatic heterocycles. The Morgan fingerprint density at radius 2 is 1.90 bits per heavy atom. The summed E-state index contributed by atoms with van der Waals surface area (Å²) in [6.45, 7) is 1.75. The Kier molecular flexibility index (Phi) is 4.94. The molecular weight excluding hydrogens is 389 g/mol. The van der Waals surface area contributed by atoms with E-state index in [0.717, 1.165) is 4.47 Å². The molecule has 0 saturated heterocycles. The van der Waals surface area contributed by atoms with Crippen LogP contribution in [-0.4, -0.2) is 5.91 Å². The zero-order valence-corrected chi connectivity index (χ0v) is 13.8. The van der Waals surface area contributed by atoms with E-state index in [4.69, 9.17) is 0 Å². The molecule has 0 spiro atoms. The number of carbonyl (C=O) groups excluding carboxylic acids is 1. The standard InChI is InChI=1S/C15H12Br2FNO/c1-9(11-4-2-3-5-14(11)18)19-15(20)12-8-10(16)6-7-13(12)17/h2-9H,1H3,(H,19,20). The minimum absolute atomic E-state index is 0.256. The smallest absolute Gasteiger partial charge is 0.252 e. The summed E-state index contributed by atoms with van der Waals surface area (Å²) in [5, 5.41) is 2.79. The van der Waals surface area contributed by atoms with Gasteiger partial charge in [0.2, 0.25) is 0 Å². The summed E-state index contributed by atoms with van der Waals surface area (Å²) in [5.74, 6) is -0.581. The van der Waals surface area contributed by atoms with Crippen LogP contribution in [0.3, 0.4) is 0 Å². The molecule has 20 heavy (non-hydrogen) atoms. The number of rotatable bonds is 3. The average molecular weight is 401 g/mol. The molecule has 0 saturated carbocycles. The van der Waals surface area contributed by atoms with E-state index >= 15 is 0 Å². The Hall–Kier alpha value is -1.20. The highest BCUT2D eigenvalue weighted by molar-refractivity contribution is 9.11. The molecule has 0 heterocycles. The molecule has 104 valence electrons. The topological polar surface area (TPSA) is 29.1 Å². The molecule has 2 aromatic rings. The summed E-state index contributed by atoms with van der Waals surface area (Å²) < 4.78 is 15.2. The zero-order valence-electron chi connectivity index (χ0n) is 10.7. The molecule has 2 nitrogen and oxygen atoms in total. The van der Waals surface area contributed by atoms with Gasteiger partial charge in [0.25, 0.3) is 5.91 Å². The molecule has 2 aromatic carbocycles. The van der Waals surface area contributed by atoms with Gasteiger partial charge in [0.1, 0.15) is 5.82 Å². The Bertz CT molecular complexity index is 646. The minimum Gasteiger partial charge on any atom is -0.345 e. The molecule has 0 bridgehead atoms. The Labute approximate surface area is 133 Å². The van der Waals surface area contributed by atoms with Crippen molar-refractivity contribution in [3.8, 4) is 0 Å². The van der Waals surface area contributed by atoms with Crippen molar-refractivity contribution in [2.75, 3.05) is 0 Å². The first-order valence-corrected chi connectivity index (χ1v) is 7.58. The van der Waals surface area contributed by atoms with E-state index in [0.29, 0.717) is 15.6 Å². The van der Waals surface area contributed by atoms with Crippen LogP contribution in [-0.2, 0) is 0 Å². The number of carbonyl (C=O) groups is 1. The van der Waals surface area contributed by atoms with E-state index in [-0.39, 0.29) is 11.7 Å². The number of hydrogen-bond acceptors (Lipinski definition) is 1. The van der Waals surface area contributed by atoms with Gasteiger partial charge in [0.05, 0.1) is 11.6 Å². The van der Waals surface area contributed by atoms with Gasteiger partial charge in [-0.3, -0.25) is 4.79 Å². The summed E-state index contributed by atoms with van der Waals surface area (Å²) in [6.07, 6.45) is 0. The number of amides is 1. The Morgan fingerprint density at radius 1 is 1.20 bits per heavy atom. The largest absolute Gasteiger partial charge is 0.345 e. The van der Waals surface area contributed by atoms with Gasteiger partial charge >= 0.3 is 0 Å². The summed E-state index contributed by atoms with van der Waals surface area (Å²) in [5.41, 5.74) is 0.967. The van der Waals surface area contributed by atoms with Crippen LogP contribution >= 0.6 is 31.9 Å². The second-order valence-corrected chi connectivity index (χ2v) is 6.11. The predicted octanol–water partition coefficient (Wildman–Crippen LogP) is 4.84. The summed E-state index contributed by atoms with van der Waals surface area (Å²) in [6, 6.07) is 11.3. The maximum Gasteiger partial charge on any atom is 0.252 e. The Balaban J connectivity index is 2.20. The lowest BCUT2D eigenvalue weighted by Crippen LogP contribution is -2.27. The molecule has 0 fully saturated rings. The molecular formula is C15H12Br2FNO. The number of nitrogens with one attached hydrogen (secondary N) is 1. The van der Waals surface area contributed by atoms with Crippen LogP contribution in [0.1, 0.15) is 28.9 Å². The lowest BCUT2D eigenvalue weighted by Gasteiger charge is -2.15. The normalized spacial score (nSPS) is 12.0. The molecule has 1 N–H and O–H groups in total. The predicted molar refractivity (Wildman–Crippen MR) is 84.1 cm³/mol. The van der Waals surface area contributed by atoms with Crippen LogP contribution in [0.4, 0.5) is 4.39 Å². The first-order chi connectivity index (χ1) is 9.49. The summed E-state index contributed by atoms with van der Waals surface area (Å²) in [7, 11) is 0. The first-order valence-electron chi connectivity index (χ1n) is 5.99. The van der Waals surface area contributed by atoms with E-state index in [1.807, 2.05) is 6.07 Å². The summed E-state index contributed by atoms with van der Waals surface area (Å²) in [4.78, 5) is 12.2. The molecule has 0 radical (unpaired) electrons. The van der Waals surface area contributed by atoms with Crippen molar-refractivity contribution in [1.82, 2.24) is 5.32 Å². The molecule has 0 aliphatic carbocycles. The van der Waals surface area contributed by atoms with Crippen molar-refractivity contribution >= 4 is 37.8 Å². The van der Waals surface area contributed by atoms with E-state index in [1.54, 1.807) is 37.3 Å². The Morgan fingerprint density at radius 3 is 2.60 bits per heavy atom. The second-order valence-electron chi connectivity index (χ2n) is 4.34. The van der Waals surface area contributed by atoms with Gasteiger partial charge in [-0.15, -0.1) is 0 Å². The van der Waals surface area contributed by atoms with Gasteiger partial charge in [-0.2, -0.15) is 0 Å². The third-order valence-electron chi connectivity index (χ3n) is 2.89. The number of benzene rings is 2. The van der Waals surface area contributed by atoms with Crippen molar-refractivity contribution in [3.05, 3.63) is 68.4 Å².